The summed E-state index contributed by atoms with van der Waals surface area (Å²) in [7, 11) is 0. The molecule has 102 valence electrons. The Morgan fingerprint density at radius 1 is 1.32 bits per heavy atom. The number of nitrogens with one attached hydrogen (secondary N) is 1. The Kier molecular flexibility index (Phi) is 3.64. The fourth-order valence-corrected chi connectivity index (χ4v) is 2.78. The highest BCUT2D eigenvalue weighted by molar-refractivity contribution is 5.86. The molecule has 1 aromatic carbocycles. The van der Waals surface area contributed by atoms with Gasteiger partial charge in [-0.1, -0.05) is 6.07 Å². The summed E-state index contributed by atoms with van der Waals surface area (Å²) in [5.41, 5.74) is 0.487. The van der Waals surface area contributed by atoms with Gasteiger partial charge in [-0.05, 0) is 31.5 Å². The SMILES string of the molecule is CC(=O)C1C(C)NC(=O)CC1c1ccc(F)c(F)c1. The van der Waals surface area contributed by atoms with Gasteiger partial charge in [0.25, 0.3) is 0 Å². The lowest BCUT2D eigenvalue weighted by Gasteiger charge is -2.35. The molecule has 19 heavy (non-hydrogen) atoms. The van der Waals surface area contributed by atoms with E-state index in [4.69, 9.17) is 0 Å². The van der Waals surface area contributed by atoms with E-state index in [2.05, 4.69) is 5.32 Å². The highest BCUT2D eigenvalue weighted by atomic mass is 19.2. The van der Waals surface area contributed by atoms with Gasteiger partial charge in [0.05, 0.1) is 0 Å². The molecule has 0 spiro atoms. The lowest BCUT2D eigenvalue weighted by Crippen LogP contribution is -2.49. The van der Waals surface area contributed by atoms with Crippen molar-refractivity contribution in [3.8, 4) is 0 Å². The predicted molar refractivity (Wildman–Crippen MR) is 65.5 cm³/mol. The number of carbonyl (C=O) groups is 2. The summed E-state index contributed by atoms with van der Waals surface area (Å²) in [4.78, 5) is 23.3. The molecule has 0 saturated carbocycles. The average Bonchev–Trinajstić information content (AvgIpc) is 2.31. The quantitative estimate of drug-likeness (QED) is 0.892. The van der Waals surface area contributed by atoms with Gasteiger partial charge in [0.15, 0.2) is 11.6 Å². The van der Waals surface area contributed by atoms with Crippen LogP contribution in [0, 0.1) is 17.6 Å². The van der Waals surface area contributed by atoms with Crippen molar-refractivity contribution in [2.24, 2.45) is 5.92 Å². The Morgan fingerprint density at radius 2 is 2.00 bits per heavy atom. The molecule has 1 heterocycles. The van der Waals surface area contributed by atoms with E-state index in [-0.39, 0.29) is 24.2 Å². The molecule has 1 amide bonds. The van der Waals surface area contributed by atoms with Gasteiger partial charge in [0.1, 0.15) is 5.78 Å². The number of benzene rings is 1. The molecular weight excluding hydrogens is 252 g/mol. The molecule has 0 aromatic heterocycles. The molecule has 1 saturated heterocycles. The molecule has 3 atom stereocenters. The average molecular weight is 267 g/mol. The maximum absolute atomic E-state index is 13.3. The molecule has 0 radical (unpaired) electrons. The van der Waals surface area contributed by atoms with Crippen molar-refractivity contribution in [2.75, 3.05) is 0 Å². The Labute approximate surface area is 110 Å². The van der Waals surface area contributed by atoms with Crippen LogP contribution in [-0.2, 0) is 9.59 Å². The Balaban J connectivity index is 2.40. The first-order chi connectivity index (χ1) is 8.90. The normalized spacial score (nSPS) is 26.9. The van der Waals surface area contributed by atoms with Gasteiger partial charge in [-0.15, -0.1) is 0 Å². The smallest absolute Gasteiger partial charge is 0.220 e. The number of Topliss-reactive ketones (excluding diaryl/α,β-unsaturated/α-hetero) is 1. The van der Waals surface area contributed by atoms with Crippen LogP contribution in [0.1, 0.15) is 31.7 Å². The van der Waals surface area contributed by atoms with Crippen LogP contribution in [-0.4, -0.2) is 17.7 Å². The Bertz CT molecular complexity index is 530. The third-order valence-corrected chi connectivity index (χ3v) is 3.61. The second-order valence-corrected chi connectivity index (χ2v) is 4.98. The van der Waals surface area contributed by atoms with E-state index in [0.717, 1.165) is 12.1 Å². The van der Waals surface area contributed by atoms with E-state index in [1.807, 2.05) is 0 Å². The molecule has 1 aromatic rings. The number of piperidine rings is 1. The first-order valence-electron chi connectivity index (χ1n) is 6.15. The van der Waals surface area contributed by atoms with Crippen LogP contribution in [0.4, 0.5) is 8.78 Å². The first-order valence-corrected chi connectivity index (χ1v) is 6.15. The van der Waals surface area contributed by atoms with Gasteiger partial charge in [-0.25, -0.2) is 8.78 Å². The third kappa shape index (κ3) is 2.64. The summed E-state index contributed by atoms with van der Waals surface area (Å²) in [5, 5.41) is 2.71. The molecule has 1 fully saturated rings. The molecule has 2 rings (SSSR count). The summed E-state index contributed by atoms with van der Waals surface area (Å²) in [6, 6.07) is 3.22. The summed E-state index contributed by atoms with van der Waals surface area (Å²) < 4.78 is 26.2. The van der Waals surface area contributed by atoms with Gasteiger partial charge in [-0.2, -0.15) is 0 Å². The maximum Gasteiger partial charge on any atom is 0.220 e. The van der Waals surface area contributed by atoms with Crippen LogP contribution < -0.4 is 5.32 Å². The second kappa shape index (κ2) is 5.07. The Morgan fingerprint density at radius 3 is 2.58 bits per heavy atom. The topological polar surface area (TPSA) is 46.2 Å². The number of carbonyl (C=O) groups excluding carboxylic acids is 2. The van der Waals surface area contributed by atoms with E-state index in [1.165, 1.54) is 13.0 Å². The van der Waals surface area contributed by atoms with Gasteiger partial charge < -0.3 is 5.32 Å². The molecular formula is C14H15F2NO2. The minimum atomic E-state index is -0.960. The lowest BCUT2D eigenvalue weighted by atomic mass is 9.75. The fourth-order valence-electron chi connectivity index (χ4n) is 2.78. The number of hydrogen-bond donors (Lipinski definition) is 1. The number of halogens is 2. The highest BCUT2D eigenvalue weighted by Gasteiger charge is 2.38. The van der Waals surface area contributed by atoms with Crippen molar-refractivity contribution in [2.45, 2.75) is 32.2 Å². The van der Waals surface area contributed by atoms with E-state index >= 15 is 0 Å². The highest BCUT2D eigenvalue weighted by Crippen LogP contribution is 2.34. The monoisotopic (exact) mass is 267 g/mol. The zero-order valence-corrected chi connectivity index (χ0v) is 10.7. The van der Waals surface area contributed by atoms with E-state index < -0.39 is 23.5 Å². The molecule has 1 aliphatic rings. The minimum absolute atomic E-state index is 0.0674. The van der Waals surface area contributed by atoms with Crippen molar-refractivity contribution in [1.29, 1.82) is 0 Å². The standard InChI is InChI=1S/C14H15F2NO2/c1-7-14(8(2)18)10(6-13(19)17-7)9-3-4-11(15)12(16)5-9/h3-5,7,10,14H,6H2,1-2H3,(H,17,19). The molecule has 1 N–H and O–H groups in total. The minimum Gasteiger partial charge on any atom is -0.353 e. The summed E-state index contributed by atoms with van der Waals surface area (Å²) in [5.74, 6) is -2.96. The van der Waals surface area contributed by atoms with Crippen LogP contribution in [0.15, 0.2) is 18.2 Å². The van der Waals surface area contributed by atoms with Crippen molar-refractivity contribution < 1.29 is 18.4 Å². The molecule has 0 bridgehead atoms. The third-order valence-electron chi connectivity index (χ3n) is 3.61. The number of amides is 1. The summed E-state index contributed by atoms with van der Waals surface area (Å²) in [6.45, 7) is 3.20. The predicted octanol–water partition coefficient (Wildman–Crippen LogP) is 2.16. The van der Waals surface area contributed by atoms with Gasteiger partial charge in [-0.3, -0.25) is 9.59 Å². The van der Waals surface area contributed by atoms with E-state index in [1.54, 1.807) is 6.92 Å². The lowest BCUT2D eigenvalue weighted by molar-refractivity contribution is -0.129. The van der Waals surface area contributed by atoms with Crippen molar-refractivity contribution in [3.05, 3.63) is 35.4 Å². The van der Waals surface area contributed by atoms with E-state index in [9.17, 15) is 18.4 Å². The van der Waals surface area contributed by atoms with Gasteiger partial charge in [0, 0.05) is 24.3 Å². The first kappa shape index (κ1) is 13.6. The zero-order chi connectivity index (χ0) is 14.2. The van der Waals surface area contributed by atoms with Crippen molar-refractivity contribution in [3.63, 3.8) is 0 Å². The van der Waals surface area contributed by atoms with Crippen LogP contribution in [0.3, 0.4) is 0 Å². The molecule has 1 aliphatic heterocycles. The van der Waals surface area contributed by atoms with Crippen LogP contribution in [0.5, 0.6) is 0 Å². The Hall–Kier alpha value is -1.78. The number of rotatable bonds is 2. The number of ketones is 1. The van der Waals surface area contributed by atoms with E-state index in [0.29, 0.717) is 5.56 Å². The van der Waals surface area contributed by atoms with Crippen LogP contribution in [0.2, 0.25) is 0 Å². The molecule has 0 aliphatic carbocycles. The van der Waals surface area contributed by atoms with Crippen molar-refractivity contribution >= 4 is 11.7 Å². The molecule has 3 nitrogen and oxygen atoms in total. The fraction of sp³-hybridized carbons (Fsp3) is 0.429. The van der Waals surface area contributed by atoms with Crippen LogP contribution in [0.25, 0.3) is 0 Å². The maximum atomic E-state index is 13.3. The summed E-state index contributed by atoms with van der Waals surface area (Å²) in [6.07, 6.45) is 0.111. The van der Waals surface area contributed by atoms with Crippen LogP contribution >= 0.6 is 0 Å². The molecule has 3 unspecified atom stereocenters. The van der Waals surface area contributed by atoms with Crippen molar-refractivity contribution in [1.82, 2.24) is 5.32 Å². The molecule has 5 heteroatoms. The zero-order valence-electron chi connectivity index (χ0n) is 10.7. The summed E-state index contributed by atoms with van der Waals surface area (Å²) >= 11 is 0. The second-order valence-electron chi connectivity index (χ2n) is 4.98. The van der Waals surface area contributed by atoms with Gasteiger partial charge >= 0.3 is 0 Å². The largest absolute Gasteiger partial charge is 0.353 e. The number of hydrogen-bond acceptors (Lipinski definition) is 2. The van der Waals surface area contributed by atoms with Gasteiger partial charge in [0.2, 0.25) is 5.91 Å².